The Bertz CT molecular complexity index is 1760. The molecule has 1 fully saturated rings. The summed E-state index contributed by atoms with van der Waals surface area (Å²) in [6, 6.07) is 14.9. The summed E-state index contributed by atoms with van der Waals surface area (Å²) in [5, 5.41) is 9.65. The van der Waals surface area contributed by atoms with E-state index in [2.05, 4.69) is 15.3 Å². The number of hydrogen-bond donors (Lipinski definition) is 1. The van der Waals surface area contributed by atoms with Gasteiger partial charge in [-0.05, 0) is 57.0 Å². The van der Waals surface area contributed by atoms with Crippen molar-refractivity contribution in [1.29, 1.82) is 0 Å². The van der Waals surface area contributed by atoms with Crippen molar-refractivity contribution in [2.45, 2.75) is 45.4 Å². The molecule has 0 bridgehead atoms. The molecule has 2 aromatic carbocycles. The maximum atomic E-state index is 12.7. The van der Waals surface area contributed by atoms with E-state index in [-0.39, 0.29) is 12.1 Å². The van der Waals surface area contributed by atoms with Crippen molar-refractivity contribution in [1.82, 2.24) is 24.6 Å². The quantitative estimate of drug-likeness (QED) is 0.196. The van der Waals surface area contributed by atoms with E-state index in [1.807, 2.05) is 55.8 Å². The molecule has 1 N–H and O–H groups in total. The van der Waals surface area contributed by atoms with Crippen LogP contribution >= 0.6 is 11.6 Å². The minimum absolute atomic E-state index is 0.0439. The van der Waals surface area contributed by atoms with E-state index in [0.29, 0.717) is 64.5 Å². The van der Waals surface area contributed by atoms with E-state index in [9.17, 15) is 4.79 Å². The first-order valence-corrected chi connectivity index (χ1v) is 14.6. The molecule has 3 aromatic heterocycles. The van der Waals surface area contributed by atoms with Gasteiger partial charge in [0.1, 0.15) is 34.5 Å². The Hall–Kier alpha value is -4.77. The van der Waals surface area contributed by atoms with Crippen molar-refractivity contribution in [3.63, 3.8) is 0 Å². The van der Waals surface area contributed by atoms with Crippen LogP contribution < -0.4 is 14.8 Å². The maximum Gasteiger partial charge on any atom is 0.410 e. The van der Waals surface area contributed by atoms with Crippen LogP contribution in [0.3, 0.4) is 0 Å². The number of fused-ring (bicyclic) bond motifs is 1. The first kappa shape index (κ1) is 29.3. The van der Waals surface area contributed by atoms with Gasteiger partial charge in [0, 0.05) is 37.5 Å². The van der Waals surface area contributed by atoms with Crippen LogP contribution in [0.1, 0.15) is 32.8 Å². The van der Waals surface area contributed by atoms with Crippen LogP contribution in [0.4, 0.5) is 10.6 Å². The Kier molecular flexibility index (Phi) is 8.05. The lowest BCUT2D eigenvalue weighted by atomic mass is 10.2. The van der Waals surface area contributed by atoms with Gasteiger partial charge >= 0.3 is 6.09 Å². The van der Waals surface area contributed by atoms with Gasteiger partial charge in [0.25, 0.3) is 0 Å². The van der Waals surface area contributed by atoms with E-state index in [1.165, 1.54) is 6.26 Å². The van der Waals surface area contributed by atoms with Gasteiger partial charge < -0.3 is 28.8 Å². The number of nitrogens with zero attached hydrogens (tertiary/aromatic N) is 5. The summed E-state index contributed by atoms with van der Waals surface area (Å²) in [5.74, 6) is 2.90. The molecular formula is C32H33ClN6O5. The highest BCUT2D eigenvalue weighted by Gasteiger charge is 2.31. The van der Waals surface area contributed by atoms with Gasteiger partial charge in [-0.15, -0.1) is 0 Å². The molecule has 0 spiro atoms. The average molecular weight is 617 g/mol. The molecule has 0 saturated carbocycles. The van der Waals surface area contributed by atoms with E-state index in [1.54, 1.807) is 42.6 Å². The number of ether oxygens (including phenoxy) is 3. The average Bonchev–Trinajstić information content (AvgIpc) is 3.75. The molecule has 1 saturated heterocycles. The molecule has 0 unspecified atom stereocenters. The van der Waals surface area contributed by atoms with Gasteiger partial charge in [0.2, 0.25) is 5.89 Å². The standard InChI is InChI=1S/C32H33ClN6O5/c1-32(2,3)44-31(40)38-15-12-21(19-38)36-28-27-26(43-23-9-10-24(25(33)17-23)30-35-14-16-42-30)11-13-34-29(27)39(37-28)18-20-5-7-22(41-4)8-6-20/h5-11,13-14,16-17,21H,12,15,18-19H2,1-4H3,(H,36,37)/t21-/m1/s1. The number of anilines is 1. The van der Waals surface area contributed by atoms with Gasteiger partial charge in [0.05, 0.1) is 30.4 Å². The number of rotatable bonds is 8. The lowest BCUT2D eigenvalue weighted by Crippen LogP contribution is -2.36. The largest absolute Gasteiger partial charge is 0.497 e. The predicted octanol–water partition coefficient (Wildman–Crippen LogP) is 7.01. The summed E-state index contributed by atoms with van der Waals surface area (Å²) >= 11 is 6.57. The topological polar surface area (TPSA) is 117 Å². The van der Waals surface area contributed by atoms with Gasteiger partial charge in [-0.1, -0.05) is 23.7 Å². The molecule has 5 aromatic rings. The zero-order valence-corrected chi connectivity index (χ0v) is 25.7. The van der Waals surface area contributed by atoms with Crippen LogP contribution in [0.2, 0.25) is 5.02 Å². The zero-order valence-electron chi connectivity index (χ0n) is 24.9. The van der Waals surface area contributed by atoms with E-state index >= 15 is 0 Å². The number of carbonyl (C=O) groups excluding carboxylic acids is 1. The van der Waals surface area contributed by atoms with E-state index in [4.69, 9.17) is 35.3 Å². The number of oxazole rings is 1. The van der Waals surface area contributed by atoms with Crippen molar-refractivity contribution < 1.29 is 23.4 Å². The molecule has 1 amide bonds. The van der Waals surface area contributed by atoms with Gasteiger partial charge in [-0.3, -0.25) is 0 Å². The Morgan fingerprint density at radius 3 is 2.59 bits per heavy atom. The highest BCUT2D eigenvalue weighted by atomic mass is 35.5. The second-order valence-electron chi connectivity index (χ2n) is 11.5. The third-order valence-electron chi connectivity index (χ3n) is 7.10. The number of aromatic nitrogens is 4. The minimum atomic E-state index is -0.563. The smallest absolute Gasteiger partial charge is 0.410 e. The van der Waals surface area contributed by atoms with Crippen LogP contribution in [0.15, 0.2) is 71.6 Å². The maximum absolute atomic E-state index is 12.7. The fourth-order valence-corrected chi connectivity index (χ4v) is 5.30. The zero-order chi connectivity index (χ0) is 30.8. The molecule has 1 aliphatic rings. The number of nitrogens with one attached hydrogen (secondary N) is 1. The molecule has 1 atom stereocenters. The monoisotopic (exact) mass is 616 g/mol. The second kappa shape index (κ2) is 12.1. The second-order valence-corrected chi connectivity index (χ2v) is 11.9. The molecular weight excluding hydrogens is 584 g/mol. The van der Waals surface area contributed by atoms with E-state index in [0.717, 1.165) is 17.7 Å². The Morgan fingerprint density at radius 1 is 1.09 bits per heavy atom. The van der Waals surface area contributed by atoms with Crippen LogP contribution in [0.5, 0.6) is 17.2 Å². The van der Waals surface area contributed by atoms with Gasteiger partial charge in [-0.2, -0.15) is 5.10 Å². The van der Waals surface area contributed by atoms with Crippen LogP contribution in [-0.2, 0) is 11.3 Å². The summed E-state index contributed by atoms with van der Waals surface area (Å²) in [5.41, 5.74) is 1.77. The lowest BCUT2D eigenvalue weighted by Gasteiger charge is -2.24. The van der Waals surface area contributed by atoms with Crippen LogP contribution in [0.25, 0.3) is 22.5 Å². The first-order chi connectivity index (χ1) is 21.2. The molecule has 0 aliphatic carbocycles. The van der Waals surface area contributed by atoms with Crippen molar-refractivity contribution in [3.05, 3.63) is 77.8 Å². The van der Waals surface area contributed by atoms with Crippen LogP contribution in [-0.4, -0.2) is 62.6 Å². The molecule has 4 heterocycles. The molecule has 228 valence electrons. The molecule has 6 rings (SSSR count). The molecule has 12 heteroatoms. The van der Waals surface area contributed by atoms with E-state index < -0.39 is 5.60 Å². The lowest BCUT2D eigenvalue weighted by molar-refractivity contribution is 0.0293. The highest BCUT2D eigenvalue weighted by molar-refractivity contribution is 6.33. The minimum Gasteiger partial charge on any atom is -0.497 e. The Morgan fingerprint density at radius 2 is 1.89 bits per heavy atom. The summed E-state index contributed by atoms with van der Waals surface area (Å²) in [6.45, 7) is 7.12. The number of methoxy groups -OCH3 is 1. The normalized spacial score (nSPS) is 15.0. The number of amides is 1. The summed E-state index contributed by atoms with van der Waals surface area (Å²) in [4.78, 5) is 23.3. The third-order valence-corrected chi connectivity index (χ3v) is 7.41. The highest BCUT2D eigenvalue weighted by Crippen LogP contribution is 2.37. The summed E-state index contributed by atoms with van der Waals surface area (Å²) < 4.78 is 24.5. The number of likely N-dealkylation sites (tertiary alicyclic amines) is 1. The van der Waals surface area contributed by atoms with Crippen molar-refractivity contribution >= 4 is 34.5 Å². The molecule has 44 heavy (non-hydrogen) atoms. The number of pyridine rings is 1. The number of hydrogen-bond acceptors (Lipinski definition) is 9. The molecule has 11 nitrogen and oxygen atoms in total. The first-order valence-electron chi connectivity index (χ1n) is 14.3. The van der Waals surface area contributed by atoms with Gasteiger partial charge in [-0.25, -0.2) is 19.4 Å². The summed E-state index contributed by atoms with van der Waals surface area (Å²) in [6.07, 6.45) is 5.17. The number of carbonyl (C=O) groups is 1. The number of benzene rings is 2. The van der Waals surface area contributed by atoms with Crippen molar-refractivity contribution in [2.75, 3.05) is 25.5 Å². The third kappa shape index (κ3) is 6.42. The van der Waals surface area contributed by atoms with Gasteiger partial charge in [0.15, 0.2) is 11.5 Å². The molecule has 1 aliphatic heterocycles. The number of halogens is 1. The SMILES string of the molecule is COc1ccc(Cn2nc(N[C@@H]3CCN(C(=O)OC(C)(C)C)C3)c3c(Oc4ccc(-c5ncco5)c(Cl)c4)ccnc32)cc1. The van der Waals surface area contributed by atoms with Crippen LogP contribution in [0, 0.1) is 0 Å². The summed E-state index contributed by atoms with van der Waals surface area (Å²) in [7, 11) is 1.64. The predicted molar refractivity (Wildman–Crippen MR) is 166 cm³/mol. The Balaban J connectivity index is 1.31. The fraction of sp³-hybridized carbons (Fsp3) is 0.312. The fourth-order valence-electron chi connectivity index (χ4n) is 5.05. The Labute approximate surface area is 259 Å². The van der Waals surface area contributed by atoms with Crippen molar-refractivity contribution in [3.8, 4) is 28.7 Å². The molecule has 0 radical (unpaired) electrons. The van der Waals surface area contributed by atoms with Crippen molar-refractivity contribution in [2.24, 2.45) is 0 Å².